The molecular formula is C17H28ClF3N4O3S. The van der Waals surface area contributed by atoms with Crippen molar-refractivity contribution < 1.29 is 26.4 Å². The summed E-state index contributed by atoms with van der Waals surface area (Å²) in [5.41, 5.74) is 1.96. The molecule has 0 aromatic carbocycles. The first-order chi connectivity index (χ1) is 13.6. The number of halogens is 4. The molecule has 7 nitrogen and oxygen atoms in total. The van der Waals surface area contributed by atoms with Crippen LogP contribution in [0.1, 0.15) is 32.1 Å². The van der Waals surface area contributed by atoms with Gasteiger partial charge in [0.05, 0.1) is 11.3 Å². The topological polar surface area (TPSA) is 90.5 Å². The summed E-state index contributed by atoms with van der Waals surface area (Å²) in [6.07, 6.45) is -4.63. The van der Waals surface area contributed by atoms with E-state index in [1.807, 2.05) is 12.5 Å². The molecule has 3 aliphatic rings. The molecule has 0 spiro atoms. The van der Waals surface area contributed by atoms with Crippen LogP contribution in [0.2, 0.25) is 0 Å². The van der Waals surface area contributed by atoms with Crippen LogP contribution in [0.3, 0.4) is 0 Å². The third kappa shape index (κ3) is 5.17. The van der Waals surface area contributed by atoms with Crippen molar-refractivity contribution >= 4 is 27.5 Å². The molecule has 1 amide bonds. The first-order valence-electron chi connectivity index (χ1n) is 9.89. The molecule has 12 heteroatoms. The van der Waals surface area contributed by atoms with E-state index in [0.717, 1.165) is 6.54 Å². The number of hydrogen-bond acceptors (Lipinski definition) is 5. The summed E-state index contributed by atoms with van der Waals surface area (Å²) in [7, 11) is -2.55. The van der Waals surface area contributed by atoms with Gasteiger partial charge in [-0.3, -0.25) is 20.4 Å². The third-order valence-electron chi connectivity index (χ3n) is 6.20. The van der Waals surface area contributed by atoms with Gasteiger partial charge < -0.3 is 0 Å². The van der Waals surface area contributed by atoms with Crippen molar-refractivity contribution in [3.05, 3.63) is 0 Å². The van der Waals surface area contributed by atoms with E-state index in [9.17, 15) is 26.4 Å². The largest absolute Gasteiger partial charge is 0.300 e. The maximum absolute atomic E-state index is 14.6. The molecule has 1 aliphatic heterocycles. The first-order valence-corrected chi connectivity index (χ1v) is 11.9. The number of nitrogens with zero attached hydrogens (tertiary/aromatic N) is 1. The normalized spacial score (nSPS) is 42.0. The van der Waals surface area contributed by atoms with Crippen LogP contribution < -0.4 is 15.6 Å². The summed E-state index contributed by atoms with van der Waals surface area (Å²) < 4.78 is 67.2. The maximum Gasteiger partial charge on any atom is 0.241 e. The molecule has 0 aromatic rings. The molecule has 168 valence electrons. The molecule has 0 radical (unpaired) electrons. The van der Waals surface area contributed by atoms with E-state index < -0.39 is 51.0 Å². The fraction of sp³-hybridized carbons (Fsp3) is 0.941. The average Bonchev–Trinajstić information content (AvgIpc) is 3.08. The number of alkyl halides is 4. The predicted molar refractivity (Wildman–Crippen MR) is 103 cm³/mol. The van der Waals surface area contributed by atoms with Gasteiger partial charge >= 0.3 is 0 Å². The summed E-state index contributed by atoms with van der Waals surface area (Å²) in [4.78, 5) is 16.3. The minimum absolute atomic E-state index is 0.0504. The van der Waals surface area contributed by atoms with Gasteiger partial charge in [0.1, 0.15) is 23.8 Å². The molecule has 1 heterocycles. The van der Waals surface area contributed by atoms with Gasteiger partial charge in [0.25, 0.3) is 0 Å². The average molecular weight is 461 g/mol. The summed E-state index contributed by atoms with van der Waals surface area (Å²) >= 11 is 6.13. The minimum atomic E-state index is -4.49. The Kier molecular flexibility index (Phi) is 7.35. The molecule has 1 saturated heterocycles. The van der Waals surface area contributed by atoms with Gasteiger partial charge in [0.2, 0.25) is 15.9 Å². The highest BCUT2D eigenvalue weighted by molar-refractivity contribution is 7.90. The van der Waals surface area contributed by atoms with E-state index in [-0.39, 0.29) is 37.6 Å². The van der Waals surface area contributed by atoms with Crippen LogP contribution in [-0.2, 0) is 14.8 Å². The summed E-state index contributed by atoms with van der Waals surface area (Å²) in [5.74, 6) is -2.09. The molecule has 7 atom stereocenters. The molecule has 3 fully saturated rings. The number of carbonyl (C=O) groups excluding carboxylic acids is 1. The first kappa shape index (κ1) is 23.1. The second-order valence-corrected chi connectivity index (χ2v) is 10.8. The predicted octanol–water partition coefficient (Wildman–Crippen LogP) is 0.998. The lowest BCUT2D eigenvalue weighted by molar-refractivity contribution is -0.129. The number of hydrazine groups is 1. The Morgan fingerprint density at radius 2 is 1.83 bits per heavy atom. The highest BCUT2D eigenvalue weighted by Gasteiger charge is 2.46. The zero-order valence-electron chi connectivity index (χ0n) is 16.2. The second kappa shape index (κ2) is 9.25. The van der Waals surface area contributed by atoms with E-state index in [2.05, 4.69) is 10.2 Å². The lowest BCUT2D eigenvalue weighted by atomic mass is 9.76. The zero-order valence-corrected chi connectivity index (χ0v) is 17.7. The Morgan fingerprint density at radius 1 is 1.17 bits per heavy atom. The van der Waals surface area contributed by atoms with Crippen molar-refractivity contribution in [2.75, 3.05) is 20.3 Å². The SMILES string of the molecule is CN1CNC(C2CC(Cl)C(F)C(C(=O)NNS(=O)(=O)C3C(F)CCCC3F)C2)C1. The van der Waals surface area contributed by atoms with Crippen molar-refractivity contribution in [2.24, 2.45) is 11.8 Å². The standard InChI is InChI=1S/C17H28ClF3N4O3S/c1-25-7-14(22-8-25)9-5-10(15(21)11(18)6-9)17(26)23-24-29(27,28)16-12(19)3-2-4-13(16)20/h9-16,22,24H,2-8H2,1H3,(H,23,26). The fourth-order valence-electron chi connectivity index (χ4n) is 4.59. The Morgan fingerprint density at radius 3 is 2.41 bits per heavy atom. The van der Waals surface area contributed by atoms with E-state index in [4.69, 9.17) is 11.6 Å². The van der Waals surface area contributed by atoms with Crippen molar-refractivity contribution in [1.29, 1.82) is 0 Å². The van der Waals surface area contributed by atoms with Crippen molar-refractivity contribution in [3.63, 3.8) is 0 Å². The van der Waals surface area contributed by atoms with Crippen molar-refractivity contribution in [1.82, 2.24) is 20.5 Å². The van der Waals surface area contributed by atoms with Gasteiger partial charge in [0, 0.05) is 19.3 Å². The number of carbonyl (C=O) groups is 1. The van der Waals surface area contributed by atoms with Crippen LogP contribution in [0.15, 0.2) is 0 Å². The molecule has 2 saturated carbocycles. The van der Waals surface area contributed by atoms with Gasteiger partial charge in [-0.1, -0.05) is 0 Å². The smallest absolute Gasteiger partial charge is 0.241 e. The number of nitrogens with one attached hydrogen (secondary N) is 3. The highest BCUT2D eigenvalue weighted by Crippen LogP contribution is 2.37. The molecule has 2 aliphatic carbocycles. The number of rotatable bonds is 5. The lowest BCUT2D eigenvalue weighted by Gasteiger charge is -2.37. The minimum Gasteiger partial charge on any atom is -0.300 e. The Hall–Kier alpha value is -0.620. The van der Waals surface area contributed by atoms with E-state index in [1.165, 1.54) is 0 Å². The molecule has 3 N–H and O–H groups in total. The maximum atomic E-state index is 14.6. The summed E-state index contributed by atoms with van der Waals surface area (Å²) in [6.45, 7) is 1.42. The molecular weight excluding hydrogens is 433 g/mol. The van der Waals surface area contributed by atoms with E-state index >= 15 is 0 Å². The number of sulfonamides is 1. The number of likely N-dealkylation sites (N-methyl/N-ethyl adjacent to an activating group) is 1. The third-order valence-corrected chi connectivity index (χ3v) is 8.31. The monoisotopic (exact) mass is 460 g/mol. The molecule has 3 rings (SSSR count). The highest BCUT2D eigenvalue weighted by atomic mass is 35.5. The fourth-order valence-corrected chi connectivity index (χ4v) is 6.42. The van der Waals surface area contributed by atoms with Gasteiger partial charge in [-0.05, 0) is 45.1 Å². The summed E-state index contributed by atoms with van der Waals surface area (Å²) in [5, 5.41) is 0.528. The van der Waals surface area contributed by atoms with Crippen LogP contribution in [0.5, 0.6) is 0 Å². The van der Waals surface area contributed by atoms with Crippen LogP contribution in [0.4, 0.5) is 13.2 Å². The van der Waals surface area contributed by atoms with Crippen LogP contribution in [0, 0.1) is 11.8 Å². The Labute approximate surface area is 174 Å². The quantitative estimate of drug-likeness (QED) is 0.420. The van der Waals surface area contributed by atoms with E-state index in [0.29, 0.717) is 13.1 Å². The molecule has 29 heavy (non-hydrogen) atoms. The molecule has 7 unspecified atom stereocenters. The van der Waals surface area contributed by atoms with Gasteiger partial charge in [0.15, 0.2) is 0 Å². The Balaban J connectivity index is 1.62. The number of amides is 1. The molecule has 0 bridgehead atoms. The van der Waals surface area contributed by atoms with Crippen molar-refractivity contribution in [2.45, 2.75) is 67.3 Å². The number of hydrogen-bond donors (Lipinski definition) is 3. The summed E-state index contributed by atoms with van der Waals surface area (Å²) in [6, 6.07) is 0.0579. The van der Waals surface area contributed by atoms with Crippen LogP contribution >= 0.6 is 11.6 Å². The zero-order chi connectivity index (χ0) is 21.3. The van der Waals surface area contributed by atoms with Crippen LogP contribution in [0.25, 0.3) is 0 Å². The molecule has 0 aromatic heterocycles. The lowest BCUT2D eigenvalue weighted by Crippen LogP contribution is -2.56. The van der Waals surface area contributed by atoms with Crippen molar-refractivity contribution in [3.8, 4) is 0 Å². The van der Waals surface area contributed by atoms with Gasteiger partial charge in [-0.2, -0.15) is 0 Å². The Bertz CT molecular complexity index is 693. The van der Waals surface area contributed by atoms with E-state index in [1.54, 1.807) is 4.83 Å². The van der Waals surface area contributed by atoms with Gasteiger partial charge in [-0.25, -0.2) is 21.6 Å². The van der Waals surface area contributed by atoms with Crippen LogP contribution in [-0.4, -0.2) is 74.7 Å². The second-order valence-electron chi connectivity index (χ2n) is 8.37. The van der Waals surface area contributed by atoms with Gasteiger partial charge in [-0.15, -0.1) is 16.4 Å².